The van der Waals surface area contributed by atoms with Gasteiger partial charge in [-0.1, -0.05) is 30.3 Å². The van der Waals surface area contributed by atoms with Crippen LogP contribution in [0.3, 0.4) is 0 Å². The van der Waals surface area contributed by atoms with Crippen LogP contribution in [0.4, 0.5) is 0 Å². The third-order valence-electron chi connectivity index (χ3n) is 3.41. The Morgan fingerprint density at radius 1 is 1.20 bits per heavy atom. The van der Waals surface area contributed by atoms with Crippen molar-refractivity contribution < 1.29 is 9.59 Å². The summed E-state index contributed by atoms with van der Waals surface area (Å²) in [6.07, 6.45) is 1.20. The summed E-state index contributed by atoms with van der Waals surface area (Å²) in [6.45, 7) is 2.57. The van der Waals surface area contributed by atoms with Gasteiger partial charge in [0.25, 0.3) is 0 Å². The van der Waals surface area contributed by atoms with Crippen LogP contribution in [0.1, 0.15) is 18.4 Å². The molecule has 0 bridgehead atoms. The van der Waals surface area contributed by atoms with Crippen molar-refractivity contribution in [3.05, 3.63) is 35.9 Å². The monoisotopic (exact) mass is 275 g/mol. The average Bonchev–Trinajstić information content (AvgIpc) is 3.00. The number of amides is 2. The van der Waals surface area contributed by atoms with Crippen LogP contribution < -0.4 is 16.0 Å². The number of nitrogens with one attached hydrogen (secondary N) is 3. The molecule has 1 aromatic carbocycles. The van der Waals surface area contributed by atoms with Crippen LogP contribution in [0, 0.1) is 5.92 Å². The van der Waals surface area contributed by atoms with Gasteiger partial charge >= 0.3 is 0 Å². The molecule has 1 aliphatic rings. The van der Waals surface area contributed by atoms with E-state index in [2.05, 4.69) is 16.0 Å². The Hall–Kier alpha value is -1.88. The first-order valence-electron chi connectivity index (χ1n) is 7.05. The van der Waals surface area contributed by atoms with Crippen molar-refractivity contribution in [3.63, 3.8) is 0 Å². The van der Waals surface area contributed by atoms with Crippen LogP contribution in [0.15, 0.2) is 30.3 Å². The van der Waals surface area contributed by atoms with Crippen LogP contribution in [0.2, 0.25) is 0 Å². The van der Waals surface area contributed by atoms with E-state index >= 15 is 0 Å². The second kappa shape index (κ2) is 7.65. The van der Waals surface area contributed by atoms with Crippen molar-refractivity contribution in [2.75, 3.05) is 19.6 Å². The summed E-state index contributed by atoms with van der Waals surface area (Å²) in [5.74, 6) is 0.0620. The Morgan fingerprint density at radius 2 is 2.00 bits per heavy atom. The predicted octanol–water partition coefficient (Wildman–Crippen LogP) is 0.419. The molecule has 1 aliphatic heterocycles. The van der Waals surface area contributed by atoms with E-state index in [9.17, 15) is 9.59 Å². The molecule has 5 heteroatoms. The number of hydrogen-bond acceptors (Lipinski definition) is 3. The van der Waals surface area contributed by atoms with Gasteiger partial charge < -0.3 is 16.0 Å². The largest absolute Gasteiger partial charge is 0.355 e. The highest BCUT2D eigenvalue weighted by atomic mass is 16.2. The van der Waals surface area contributed by atoms with Crippen molar-refractivity contribution in [2.45, 2.75) is 19.4 Å². The van der Waals surface area contributed by atoms with Crippen molar-refractivity contribution >= 4 is 11.8 Å². The fourth-order valence-corrected chi connectivity index (χ4v) is 2.21. The molecule has 1 fully saturated rings. The zero-order chi connectivity index (χ0) is 14.2. The molecule has 2 rings (SSSR count). The summed E-state index contributed by atoms with van der Waals surface area (Å²) in [4.78, 5) is 23.4. The van der Waals surface area contributed by atoms with E-state index in [0.717, 1.165) is 25.1 Å². The summed E-state index contributed by atoms with van der Waals surface area (Å²) in [6, 6.07) is 9.76. The van der Waals surface area contributed by atoms with Gasteiger partial charge in [0, 0.05) is 26.1 Å². The van der Waals surface area contributed by atoms with Gasteiger partial charge in [0.15, 0.2) is 0 Å². The molecule has 20 heavy (non-hydrogen) atoms. The van der Waals surface area contributed by atoms with E-state index in [1.165, 1.54) is 0 Å². The number of benzene rings is 1. The second-order valence-corrected chi connectivity index (χ2v) is 4.99. The molecule has 3 N–H and O–H groups in total. The fraction of sp³-hybridized carbons (Fsp3) is 0.467. The minimum Gasteiger partial charge on any atom is -0.355 e. The van der Waals surface area contributed by atoms with Gasteiger partial charge in [0.05, 0.1) is 5.92 Å². The predicted molar refractivity (Wildman–Crippen MR) is 76.9 cm³/mol. The minimum absolute atomic E-state index is 0.0429. The SMILES string of the molecule is O=C(CCNC(=O)C1CCNC1)NCc1ccccc1. The zero-order valence-corrected chi connectivity index (χ0v) is 11.5. The minimum atomic E-state index is -0.0429. The maximum Gasteiger partial charge on any atom is 0.224 e. The van der Waals surface area contributed by atoms with Crippen molar-refractivity contribution in [2.24, 2.45) is 5.92 Å². The molecular weight excluding hydrogens is 254 g/mol. The Labute approximate surface area is 119 Å². The van der Waals surface area contributed by atoms with Gasteiger partial charge in [-0.3, -0.25) is 9.59 Å². The van der Waals surface area contributed by atoms with Gasteiger partial charge in [-0.2, -0.15) is 0 Å². The highest BCUT2D eigenvalue weighted by Crippen LogP contribution is 2.06. The standard InChI is InChI=1S/C15H21N3O2/c19-14(18-10-12-4-2-1-3-5-12)7-9-17-15(20)13-6-8-16-11-13/h1-5,13,16H,6-11H2,(H,17,20)(H,18,19). The van der Waals surface area contributed by atoms with E-state index in [0.29, 0.717) is 19.5 Å². The summed E-state index contributed by atoms with van der Waals surface area (Å²) in [7, 11) is 0. The van der Waals surface area contributed by atoms with E-state index in [-0.39, 0.29) is 17.7 Å². The lowest BCUT2D eigenvalue weighted by Crippen LogP contribution is -2.35. The molecule has 1 atom stereocenters. The first kappa shape index (κ1) is 14.5. The molecule has 1 aromatic rings. The molecule has 1 heterocycles. The smallest absolute Gasteiger partial charge is 0.224 e. The Balaban J connectivity index is 1.59. The summed E-state index contributed by atoms with van der Waals surface area (Å²) >= 11 is 0. The third-order valence-corrected chi connectivity index (χ3v) is 3.41. The molecule has 0 spiro atoms. The van der Waals surface area contributed by atoms with Crippen molar-refractivity contribution in [1.29, 1.82) is 0 Å². The molecule has 0 saturated carbocycles. The maximum absolute atomic E-state index is 11.7. The second-order valence-electron chi connectivity index (χ2n) is 4.99. The molecule has 0 radical (unpaired) electrons. The molecule has 1 saturated heterocycles. The lowest BCUT2D eigenvalue weighted by molar-refractivity contribution is -0.124. The van der Waals surface area contributed by atoms with E-state index in [4.69, 9.17) is 0 Å². The van der Waals surface area contributed by atoms with E-state index in [1.54, 1.807) is 0 Å². The van der Waals surface area contributed by atoms with E-state index in [1.807, 2.05) is 30.3 Å². The van der Waals surface area contributed by atoms with Crippen LogP contribution in [0.5, 0.6) is 0 Å². The Kier molecular flexibility index (Phi) is 5.55. The lowest BCUT2D eigenvalue weighted by atomic mass is 10.1. The highest BCUT2D eigenvalue weighted by molar-refractivity contribution is 5.80. The quantitative estimate of drug-likeness (QED) is 0.704. The zero-order valence-electron chi connectivity index (χ0n) is 11.5. The van der Waals surface area contributed by atoms with Crippen LogP contribution in [-0.4, -0.2) is 31.4 Å². The first-order chi connectivity index (χ1) is 9.75. The molecule has 108 valence electrons. The van der Waals surface area contributed by atoms with Gasteiger partial charge in [0.1, 0.15) is 0 Å². The Morgan fingerprint density at radius 3 is 2.70 bits per heavy atom. The number of carbonyl (C=O) groups excluding carboxylic acids is 2. The van der Waals surface area contributed by atoms with Gasteiger partial charge in [-0.05, 0) is 18.5 Å². The van der Waals surface area contributed by atoms with Gasteiger partial charge in [-0.25, -0.2) is 0 Å². The highest BCUT2D eigenvalue weighted by Gasteiger charge is 2.21. The Bertz CT molecular complexity index is 442. The summed E-state index contributed by atoms with van der Waals surface area (Å²) < 4.78 is 0. The van der Waals surface area contributed by atoms with Gasteiger partial charge in [-0.15, -0.1) is 0 Å². The van der Waals surface area contributed by atoms with Crippen molar-refractivity contribution in [1.82, 2.24) is 16.0 Å². The topological polar surface area (TPSA) is 70.2 Å². The molecule has 5 nitrogen and oxygen atoms in total. The number of hydrogen-bond donors (Lipinski definition) is 3. The molecular formula is C15H21N3O2. The summed E-state index contributed by atoms with van der Waals surface area (Å²) in [5.41, 5.74) is 1.07. The molecule has 0 aromatic heterocycles. The first-order valence-corrected chi connectivity index (χ1v) is 7.05. The summed E-state index contributed by atoms with van der Waals surface area (Å²) in [5, 5.41) is 8.80. The average molecular weight is 275 g/mol. The van der Waals surface area contributed by atoms with Crippen molar-refractivity contribution in [3.8, 4) is 0 Å². The van der Waals surface area contributed by atoms with E-state index < -0.39 is 0 Å². The lowest BCUT2D eigenvalue weighted by Gasteiger charge is -2.10. The van der Waals surface area contributed by atoms with Gasteiger partial charge in [0.2, 0.25) is 11.8 Å². The molecule has 2 amide bonds. The fourth-order valence-electron chi connectivity index (χ4n) is 2.21. The molecule has 0 aliphatic carbocycles. The van der Waals surface area contributed by atoms with Crippen LogP contribution in [0.25, 0.3) is 0 Å². The number of carbonyl (C=O) groups is 2. The van der Waals surface area contributed by atoms with Crippen LogP contribution in [-0.2, 0) is 16.1 Å². The maximum atomic E-state index is 11.7. The number of rotatable bonds is 6. The van der Waals surface area contributed by atoms with Crippen LogP contribution >= 0.6 is 0 Å². The molecule has 1 unspecified atom stereocenters. The normalized spacial score (nSPS) is 17.7. The third kappa shape index (κ3) is 4.66.